The topological polar surface area (TPSA) is 91.8 Å². The zero-order valence-electron chi connectivity index (χ0n) is 24.9. The molecule has 1 N–H and O–H groups in total. The minimum Gasteiger partial charge on any atom is -0.472 e. The fourth-order valence-electron chi connectivity index (χ4n) is 6.92. The molecule has 2 bridgehead atoms. The molecule has 4 heterocycles. The molecule has 13 heteroatoms. The third-order valence-electron chi connectivity index (χ3n) is 9.25. The van der Waals surface area contributed by atoms with Gasteiger partial charge in [0, 0.05) is 22.4 Å². The molecule has 3 fully saturated rings. The van der Waals surface area contributed by atoms with E-state index >= 15 is 4.39 Å². The third kappa shape index (κ3) is 5.23. The molecule has 9 nitrogen and oxygen atoms in total. The van der Waals surface area contributed by atoms with Crippen molar-refractivity contribution < 1.29 is 37.7 Å². The summed E-state index contributed by atoms with van der Waals surface area (Å²) in [4.78, 5) is 31.7. The van der Waals surface area contributed by atoms with E-state index in [1.54, 1.807) is 41.3 Å². The van der Waals surface area contributed by atoms with Crippen LogP contribution in [-0.4, -0.2) is 86.4 Å². The summed E-state index contributed by atoms with van der Waals surface area (Å²) in [7, 11) is 1.27. The summed E-state index contributed by atoms with van der Waals surface area (Å²) in [6.07, 6.45) is 1.81. The Balaban J connectivity index is 1.18. The number of esters is 1. The molecule has 3 aromatic carbocycles. The van der Waals surface area contributed by atoms with Crippen molar-refractivity contribution in [1.29, 1.82) is 0 Å². The first-order valence-electron chi connectivity index (χ1n) is 15.0. The Labute approximate surface area is 274 Å². The Hall–Kier alpha value is -3.64. The van der Waals surface area contributed by atoms with E-state index < -0.39 is 30.0 Å². The molecule has 2 unspecified atom stereocenters. The molecule has 242 valence electrons. The van der Waals surface area contributed by atoms with Crippen LogP contribution >= 0.6 is 23.2 Å². The van der Waals surface area contributed by atoms with Gasteiger partial charge < -0.3 is 34.0 Å². The number of carbonyl (C=O) groups excluding carboxylic acids is 2. The summed E-state index contributed by atoms with van der Waals surface area (Å²) in [6, 6.07) is 11.4. The molecule has 2 atom stereocenters. The number of ether oxygens (including phenoxy) is 3. The first kappa shape index (κ1) is 31.0. The summed E-state index contributed by atoms with van der Waals surface area (Å²) in [5.74, 6) is -1.26. The molecule has 4 aliphatic rings. The number of anilines is 2. The number of alkyl halides is 1. The quantitative estimate of drug-likeness (QED) is 0.345. The standard InChI is InChI=1S/C33H31Cl2F2N3O6/c1-44-32(43)24-9-27(36)23(10-28(24)40-19-5-6-20(40)13-45-12-19)22-4-2-3-18-11-38(17-46-30(18)22)31(42)29-25(34)7-21(8-26(29)35)39-14-33(37,15-39)16-41/h2-4,7-10,19-20,41H,5-6,11-17H2,1H3. The lowest BCUT2D eigenvalue weighted by molar-refractivity contribution is 0.0444. The molecule has 3 saturated heterocycles. The first-order valence-corrected chi connectivity index (χ1v) is 15.7. The molecule has 0 spiro atoms. The maximum Gasteiger partial charge on any atom is 0.340 e. The molecule has 0 aliphatic carbocycles. The smallest absolute Gasteiger partial charge is 0.340 e. The predicted octanol–water partition coefficient (Wildman–Crippen LogP) is 5.47. The second-order valence-electron chi connectivity index (χ2n) is 12.2. The molecule has 0 saturated carbocycles. The van der Waals surface area contributed by atoms with Gasteiger partial charge in [0.15, 0.2) is 12.4 Å². The number of aliphatic hydroxyl groups is 1. The second kappa shape index (κ2) is 11.9. The van der Waals surface area contributed by atoms with E-state index in [1.165, 1.54) is 18.1 Å². The van der Waals surface area contributed by atoms with Gasteiger partial charge in [0.1, 0.15) is 11.6 Å². The number of methoxy groups -OCH3 is 1. The number of morpholine rings is 1. The van der Waals surface area contributed by atoms with E-state index in [0.717, 1.165) is 12.8 Å². The van der Waals surface area contributed by atoms with Gasteiger partial charge in [-0.05, 0) is 37.1 Å². The van der Waals surface area contributed by atoms with Crippen molar-refractivity contribution in [2.75, 3.05) is 56.6 Å². The van der Waals surface area contributed by atoms with Crippen molar-refractivity contribution in [2.24, 2.45) is 0 Å². The largest absolute Gasteiger partial charge is 0.472 e. The van der Waals surface area contributed by atoms with Crippen molar-refractivity contribution >= 4 is 46.5 Å². The highest BCUT2D eigenvalue weighted by Crippen LogP contribution is 2.44. The average Bonchev–Trinajstić information content (AvgIpc) is 3.28. The van der Waals surface area contributed by atoms with E-state index in [2.05, 4.69) is 4.90 Å². The zero-order valence-corrected chi connectivity index (χ0v) is 26.4. The Morgan fingerprint density at radius 1 is 1.07 bits per heavy atom. The average molecular weight is 675 g/mol. The van der Waals surface area contributed by atoms with Gasteiger partial charge >= 0.3 is 5.97 Å². The Bertz CT molecular complexity index is 1700. The van der Waals surface area contributed by atoms with Gasteiger partial charge in [-0.25, -0.2) is 13.6 Å². The van der Waals surface area contributed by atoms with Crippen LogP contribution in [0.25, 0.3) is 11.1 Å². The van der Waals surface area contributed by atoms with Crippen LogP contribution in [0, 0.1) is 5.82 Å². The molecular formula is C33H31Cl2F2N3O6. The van der Waals surface area contributed by atoms with Gasteiger partial charge in [0.05, 0.1) is 85.5 Å². The number of nitrogens with zero attached hydrogens (tertiary/aromatic N) is 3. The molecular weight excluding hydrogens is 643 g/mol. The van der Waals surface area contributed by atoms with Gasteiger partial charge in [0.2, 0.25) is 0 Å². The monoisotopic (exact) mass is 673 g/mol. The fraction of sp³-hybridized carbons (Fsp3) is 0.394. The molecule has 46 heavy (non-hydrogen) atoms. The number of fused-ring (bicyclic) bond motifs is 3. The van der Waals surface area contributed by atoms with Crippen LogP contribution < -0.4 is 14.5 Å². The van der Waals surface area contributed by atoms with Gasteiger partial charge in [0.25, 0.3) is 5.91 Å². The van der Waals surface area contributed by atoms with Crippen molar-refractivity contribution in [3.63, 3.8) is 0 Å². The Morgan fingerprint density at radius 2 is 1.76 bits per heavy atom. The lowest BCUT2D eigenvalue weighted by Crippen LogP contribution is -2.61. The minimum atomic E-state index is -1.68. The van der Waals surface area contributed by atoms with E-state index in [0.29, 0.717) is 41.5 Å². The zero-order chi connectivity index (χ0) is 32.3. The van der Waals surface area contributed by atoms with Crippen LogP contribution in [0.4, 0.5) is 20.2 Å². The Morgan fingerprint density at radius 3 is 2.41 bits per heavy atom. The maximum atomic E-state index is 15.8. The summed E-state index contributed by atoms with van der Waals surface area (Å²) < 4.78 is 46.9. The van der Waals surface area contributed by atoms with Crippen LogP contribution in [0.3, 0.4) is 0 Å². The van der Waals surface area contributed by atoms with Crippen LogP contribution in [0.15, 0.2) is 42.5 Å². The molecule has 0 aromatic heterocycles. The van der Waals surface area contributed by atoms with Crippen LogP contribution in [0.5, 0.6) is 5.75 Å². The van der Waals surface area contributed by atoms with Crippen molar-refractivity contribution in [1.82, 2.24) is 4.90 Å². The first-order chi connectivity index (χ1) is 22.1. The van der Waals surface area contributed by atoms with E-state index in [4.69, 9.17) is 37.4 Å². The number of para-hydroxylation sites is 1. The summed E-state index contributed by atoms with van der Waals surface area (Å²) in [6.45, 7) is 0.440. The Kier molecular flexibility index (Phi) is 7.99. The van der Waals surface area contributed by atoms with E-state index in [-0.39, 0.29) is 65.2 Å². The van der Waals surface area contributed by atoms with Crippen LogP contribution in [0.2, 0.25) is 10.0 Å². The third-order valence-corrected chi connectivity index (χ3v) is 9.84. The van der Waals surface area contributed by atoms with E-state index in [9.17, 15) is 19.1 Å². The maximum absolute atomic E-state index is 15.8. The van der Waals surface area contributed by atoms with Crippen LogP contribution in [-0.2, 0) is 16.0 Å². The lowest BCUT2D eigenvalue weighted by Gasteiger charge is -2.45. The minimum absolute atomic E-state index is 0.0103. The predicted molar refractivity (Wildman–Crippen MR) is 168 cm³/mol. The molecule has 0 radical (unpaired) electrons. The van der Waals surface area contributed by atoms with E-state index in [1.807, 2.05) is 0 Å². The summed E-state index contributed by atoms with van der Waals surface area (Å²) >= 11 is 13.0. The van der Waals surface area contributed by atoms with Gasteiger partial charge in [-0.2, -0.15) is 0 Å². The number of amides is 1. The normalized spacial score (nSPS) is 21.4. The van der Waals surface area contributed by atoms with Gasteiger partial charge in [-0.3, -0.25) is 4.79 Å². The molecule has 4 aliphatic heterocycles. The highest BCUT2D eigenvalue weighted by Gasteiger charge is 2.44. The number of hydrogen-bond acceptors (Lipinski definition) is 8. The number of benzene rings is 3. The van der Waals surface area contributed by atoms with Crippen molar-refractivity contribution in [3.8, 4) is 16.9 Å². The van der Waals surface area contributed by atoms with Gasteiger partial charge in [-0.1, -0.05) is 41.4 Å². The number of hydrogen-bond donors (Lipinski definition) is 1. The van der Waals surface area contributed by atoms with Gasteiger partial charge in [-0.15, -0.1) is 0 Å². The highest BCUT2D eigenvalue weighted by molar-refractivity contribution is 6.40. The molecule has 3 aromatic rings. The summed E-state index contributed by atoms with van der Waals surface area (Å²) in [5.41, 5.74) is 1.08. The SMILES string of the molecule is COC(=O)c1cc(F)c(-c2cccc3c2OCN(C(=O)c2c(Cl)cc(N4CC(F)(CO)C4)cc2Cl)C3)cc1N1C2CCC1COC2. The molecule has 7 rings (SSSR count). The molecule has 1 amide bonds. The lowest BCUT2D eigenvalue weighted by atomic mass is 9.96. The number of rotatable bonds is 6. The second-order valence-corrected chi connectivity index (χ2v) is 13.0. The fourth-order valence-corrected chi connectivity index (χ4v) is 7.56. The number of carbonyl (C=O) groups is 2. The van der Waals surface area contributed by atoms with Crippen molar-refractivity contribution in [3.05, 3.63) is 75.0 Å². The van der Waals surface area contributed by atoms with Crippen molar-refractivity contribution in [2.45, 2.75) is 37.1 Å². The number of aliphatic hydroxyl groups excluding tert-OH is 1. The van der Waals surface area contributed by atoms with Crippen LogP contribution in [0.1, 0.15) is 39.1 Å². The highest BCUT2D eigenvalue weighted by atomic mass is 35.5. The summed E-state index contributed by atoms with van der Waals surface area (Å²) in [5, 5.41) is 9.42. The number of halogens is 4.